The van der Waals surface area contributed by atoms with E-state index in [1.165, 1.54) is 18.2 Å². The van der Waals surface area contributed by atoms with E-state index >= 15 is 0 Å². The van der Waals surface area contributed by atoms with E-state index in [0.717, 1.165) is 12.8 Å². The highest BCUT2D eigenvalue weighted by Crippen LogP contribution is 2.21. The number of carbonyl (C=O) groups is 2. The third-order valence-electron chi connectivity index (χ3n) is 2.64. The van der Waals surface area contributed by atoms with Crippen molar-refractivity contribution in [2.45, 2.75) is 26.7 Å². The number of rotatable bonds is 5. The molecule has 98 valence electrons. The van der Waals surface area contributed by atoms with Crippen LogP contribution >= 0.6 is 11.6 Å². The number of aromatic carboxylic acids is 1. The van der Waals surface area contributed by atoms with Crippen molar-refractivity contribution in [3.8, 4) is 0 Å². The average molecular weight is 270 g/mol. The Labute approximate surface area is 111 Å². The maximum atomic E-state index is 11.8. The van der Waals surface area contributed by atoms with Gasteiger partial charge < -0.3 is 10.4 Å². The summed E-state index contributed by atoms with van der Waals surface area (Å²) in [5.41, 5.74) is 0.536. The Bertz CT molecular complexity index is 460. The lowest BCUT2D eigenvalue weighted by Gasteiger charge is -2.11. The van der Waals surface area contributed by atoms with E-state index in [9.17, 15) is 9.59 Å². The summed E-state index contributed by atoms with van der Waals surface area (Å²) in [4.78, 5) is 22.5. The van der Waals surface area contributed by atoms with Gasteiger partial charge in [-0.15, -0.1) is 0 Å². The number of carboxylic acid groups (broad SMARTS) is 1. The molecule has 18 heavy (non-hydrogen) atoms. The van der Waals surface area contributed by atoms with E-state index < -0.39 is 5.97 Å². The lowest BCUT2D eigenvalue weighted by Crippen LogP contribution is -2.20. The number of carbonyl (C=O) groups excluding carboxylic acids is 1. The zero-order valence-electron chi connectivity index (χ0n) is 10.4. The number of benzene rings is 1. The van der Waals surface area contributed by atoms with Gasteiger partial charge in [0.1, 0.15) is 0 Å². The van der Waals surface area contributed by atoms with E-state index in [0.29, 0.717) is 5.69 Å². The highest BCUT2D eigenvalue weighted by atomic mass is 35.5. The molecule has 5 heteroatoms. The van der Waals surface area contributed by atoms with Crippen LogP contribution in [0.1, 0.15) is 37.0 Å². The molecule has 0 aliphatic heterocycles. The van der Waals surface area contributed by atoms with E-state index in [-0.39, 0.29) is 22.4 Å². The van der Waals surface area contributed by atoms with Crippen molar-refractivity contribution in [1.29, 1.82) is 0 Å². The summed E-state index contributed by atoms with van der Waals surface area (Å²) in [5, 5.41) is 11.7. The fraction of sp³-hybridized carbons (Fsp3) is 0.385. The van der Waals surface area contributed by atoms with Gasteiger partial charge in [0, 0.05) is 11.6 Å². The van der Waals surface area contributed by atoms with Crippen LogP contribution in [-0.2, 0) is 4.79 Å². The van der Waals surface area contributed by atoms with Crippen LogP contribution in [0, 0.1) is 5.92 Å². The molecular formula is C13H16ClNO3. The summed E-state index contributed by atoms with van der Waals surface area (Å²) in [6, 6.07) is 4.36. The highest BCUT2D eigenvalue weighted by molar-refractivity contribution is 6.33. The Kier molecular flexibility index (Phi) is 5.16. The molecule has 0 saturated carbocycles. The second kappa shape index (κ2) is 6.40. The van der Waals surface area contributed by atoms with Crippen LogP contribution in [0.5, 0.6) is 0 Å². The second-order valence-corrected chi connectivity index (χ2v) is 4.59. The smallest absolute Gasteiger partial charge is 0.337 e. The fourth-order valence-corrected chi connectivity index (χ4v) is 1.86. The lowest BCUT2D eigenvalue weighted by molar-refractivity contribution is -0.119. The van der Waals surface area contributed by atoms with Crippen molar-refractivity contribution in [1.82, 2.24) is 0 Å². The van der Waals surface area contributed by atoms with Gasteiger partial charge in [0.2, 0.25) is 5.91 Å². The Morgan fingerprint density at radius 2 is 2.11 bits per heavy atom. The standard InChI is InChI=1S/C13H16ClNO3/c1-3-4-8(2)12(16)15-9-5-6-10(13(17)18)11(14)7-9/h5-8H,3-4H2,1-2H3,(H,15,16)(H,17,18). The second-order valence-electron chi connectivity index (χ2n) is 4.18. The van der Waals surface area contributed by atoms with E-state index in [2.05, 4.69) is 5.32 Å². The molecule has 0 heterocycles. The number of carboxylic acids is 1. The first kappa shape index (κ1) is 14.5. The first-order valence-corrected chi connectivity index (χ1v) is 6.17. The molecule has 0 aromatic heterocycles. The number of halogens is 1. The normalized spacial score (nSPS) is 11.9. The maximum Gasteiger partial charge on any atom is 0.337 e. The highest BCUT2D eigenvalue weighted by Gasteiger charge is 2.13. The Morgan fingerprint density at radius 3 is 2.61 bits per heavy atom. The molecular weight excluding hydrogens is 254 g/mol. The van der Waals surface area contributed by atoms with Crippen LogP contribution in [0.2, 0.25) is 5.02 Å². The molecule has 1 amide bonds. The number of anilines is 1. The molecule has 1 unspecified atom stereocenters. The Morgan fingerprint density at radius 1 is 1.44 bits per heavy atom. The quantitative estimate of drug-likeness (QED) is 0.861. The van der Waals surface area contributed by atoms with Crippen molar-refractivity contribution < 1.29 is 14.7 Å². The molecule has 0 spiro atoms. The van der Waals surface area contributed by atoms with Gasteiger partial charge >= 0.3 is 5.97 Å². The van der Waals surface area contributed by atoms with Gasteiger partial charge in [-0.25, -0.2) is 4.79 Å². The summed E-state index contributed by atoms with van der Waals surface area (Å²) in [5.74, 6) is -1.25. The van der Waals surface area contributed by atoms with Crippen LogP contribution in [-0.4, -0.2) is 17.0 Å². The molecule has 1 rings (SSSR count). The predicted molar refractivity (Wildman–Crippen MR) is 71.1 cm³/mol. The van der Waals surface area contributed by atoms with Gasteiger partial charge in [-0.05, 0) is 24.6 Å². The maximum absolute atomic E-state index is 11.8. The molecule has 2 N–H and O–H groups in total. The molecule has 0 saturated heterocycles. The summed E-state index contributed by atoms with van der Waals surface area (Å²) in [6.45, 7) is 3.87. The minimum Gasteiger partial charge on any atom is -0.478 e. The SMILES string of the molecule is CCCC(C)C(=O)Nc1ccc(C(=O)O)c(Cl)c1. The van der Waals surface area contributed by atoms with Crippen LogP contribution in [0.25, 0.3) is 0 Å². The molecule has 4 nitrogen and oxygen atoms in total. The van der Waals surface area contributed by atoms with Crippen LogP contribution < -0.4 is 5.32 Å². The molecule has 1 aromatic carbocycles. The van der Waals surface area contributed by atoms with Gasteiger partial charge in [0.05, 0.1) is 10.6 Å². The summed E-state index contributed by atoms with van der Waals surface area (Å²) in [7, 11) is 0. The Hall–Kier alpha value is -1.55. The van der Waals surface area contributed by atoms with Crippen LogP contribution in [0.3, 0.4) is 0 Å². The van der Waals surface area contributed by atoms with Crippen molar-refractivity contribution in [3.63, 3.8) is 0 Å². The predicted octanol–water partition coefficient (Wildman–Crippen LogP) is 3.41. The van der Waals surface area contributed by atoms with Gasteiger partial charge in [0.15, 0.2) is 0 Å². The van der Waals surface area contributed by atoms with Crippen molar-refractivity contribution in [2.75, 3.05) is 5.32 Å². The summed E-state index contributed by atoms with van der Waals surface area (Å²) in [6.07, 6.45) is 1.75. The molecule has 0 aliphatic rings. The third kappa shape index (κ3) is 3.74. The van der Waals surface area contributed by atoms with Gasteiger partial charge in [-0.2, -0.15) is 0 Å². The summed E-state index contributed by atoms with van der Waals surface area (Å²) < 4.78 is 0. The van der Waals surface area contributed by atoms with Gasteiger partial charge in [-0.3, -0.25) is 4.79 Å². The zero-order chi connectivity index (χ0) is 13.7. The van der Waals surface area contributed by atoms with Crippen LogP contribution in [0.15, 0.2) is 18.2 Å². The minimum atomic E-state index is -1.09. The topological polar surface area (TPSA) is 66.4 Å². The van der Waals surface area contributed by atoms with E-state index in [1.807, 2.05) is 13.8 Å². The van der Waals surface area contributed by atoms with Crippen molar-refractivity contribution in [3.05, 3.63) is 28.8 Å². The monoisotopic (exact) mass is 269 g/mol. The molecule has 1 atom stereocenters. The molecule has 1 aromatic rings. The number of amides is 1. The minimum absolute atomic E-state index is 0.0243. The van der Waals surface area contributed by atoms with Gasteiger partial charge in [0.25, 0.3) is 0 Å². The molecule has 0 aliphatic carbocycles. The lowest BCUT2D eigenvalue weighted by atomic mass is 10.1. The zero-order valence-corrected chi connectivity index (χ0v) is 11.1. The van der Waals surface area contributed by atoms with Crippen molar-refractivity contribution in [2.24, 2.45) is 5.92 Å². The average Bonchev–Trinajstić information content (AvgIpc) is 2.28. The summed E-state index contributed by atoms with van der Waals surface area (Å²) >= 11 is 5.82. The first-order valence-electron chi connectivity index (χ1n) is 5.79. The largest absolute Gasteiger partial charge is 0.478 e. The third-order valence-corrected chi connectivity index (χ3v) is 2.95. The molecule has 0 radical (unpaired) electrons. The number of nitrogens with one attached hydrogen (secondary N) is 1. The fourth-order valence-electron chi connectivity index (χ4n) is 1.60. The molecule has 0 bridgehead atoms. The van der Waals surface area contributed by atoms with E-state index in [4.69, 9.17) is 16.7 Å². The number of hydrogen-bond acceptors (Lipinski definition) is 2. The van der Waals surface area contributed by atoms with Gasteiger partial charge in [-0.1, -0.05) is 31.9 Å². The first-order chi connectivity index (χ1) is 8.45. The number of hydrogen-bond donors (Lipinski definition) is 2. The van der Waals surface area contributed by atoms with Crippen LogP contribution in [0.4, 0.5) is 5.69 Å². The van der Waals surface area contributed by atoms with Crippen molar-refractivity contribution >= 4 is 29.2 Å². The molecule has 0 fully saturated rings. The van der Waals surface area contributed by atoms with E-state index in [1.54, 1.807) is 0 Å². The Balaban J connectivity index is 2.77.